The van der Waals surface area contributed by atoms with Gasteiger partial charge >= 0.3 is 0 Å². The third-order valence-corrected chi connectivity index (χ3v) is 4.82. The Labute approximate surface area is 121 Å². The number of hydrogen-bond acceptors (Lipinski definition) is 1. The van der Waals surface area contributed by atoms with Gasteiger partial charge in [-0.2, -0.15) is 0 Å². The van der Waals surface area contributed by atoms with Gasteiger partial charge in [-0.05, 0) is 68.2 Å². The average Bonchev–Trinajstić information content (AvgIpc) is 3.05. The lowest BCUT2D eigenvalue weighted by Crippen LogP contribution is -2.15. The Morgan fingerprint density at radius 3 is 2.85 bits per heavy atom. The molecule has 2 heteroatoms. The topological polar surface area (TPSA) is 29.1 Å². The van der Waals surface area contributed by atoms with Crippen molar-refractivity contribution in [1.29, 1.82) is 0 Å². The predicted octanol–water partition coefficient (Wildman–Crippen LogP) is 4.23. The Kier molecular flexibility index (Phi) is 3.64. The molecule has 1 fully saturated rings. The third kappa shape index (κ3) is 2.65. The van der Waals surface area contributed by atoms with Crippen LogP contribution in [0.2, 0.25) is 0 Å². The molecule has 0 saturated heterocycles. The number of amides is 1. The van der Waals surface area contributed by atoms with Crippen LogP contribution in [0.15, 0.2) is 30.4 Å². The van der Waals surface area contributed by atoms with E-state index in [2.05, 4.69) is 43.4 Å². The number of aryl methyl sites for hydroxylation is 2. The zero-order valence-electron chi connectivity index (χ0n) is 12.4. The maximum atomic E-state index is 12.4. The highest BCUT2D eigenvalue weighted by molar-refractivity contribution is 5.95. The van der Waals surface area contributed by atoms with Crippen LogP contribution >= 0.6 is 0 Å². The summed E-state index contributed by atoms with van der Waals surface area (Å²) in [6, 6.07) is 6.13. The molecular weight excluding hydrogens is 246 g/mol. The number of carbonyl (C=O) groups excluding carboxylic acids is 1. The van der Waals surface area contributed by atoms with Crippen molar-refractivity contribution in [1.82, 2.24) is 0 Å². The van der Waals surface area contributed by atoms with Gasteiger partial charge < -0.3 is 5.32 Å². The quantitative estimate of drug-likeness (QED) is 0.800. The van der Waals surface area contributed by atoms with Gasteiger partial charge in [0.1, 0.15) is 0 Å². The number of benzene rings is 1. The second-order valence-electron chi connectivity index (χ2n) is 6.27. The van der Waals surface area contributed by atoms with E-state index in [0.717, 1.165) is 5.69 Å². The van der Waals surface area contributed by atoms with E-state index >= 15 is 0 Å². The summed E-state index contributed by atoms with van der Waals surface area (Å²) in [6.07, 6.45) is 9.45. The first-order valence-electron chi connectivity index (χ1n) is 7.71. The number of anilines is 1. The molecule has 3 rings (SSSR count). The fraction of sp³-hybridized carbons (Fsp3) is 0.500. The molecule has 2 aliphatic rings. The van der Waals surface area contributed by atoms with Gasteiger partial charge in [0, 0.05) is 11.6 Å². The highest BCUT2D eigenvalue weighted by Gasteiger charge is 2.52. The molecule has 20 heavy (non-hydrogen) atoms. The van der Waals surface area contributed by atoms with Crippen LogP contribution in [0.3, 0.4) is 0 Å². The molecule has 0 aromatic heterocycles. The summed E-state index contributed by atoms with van der Waals surface area (Å²) in [5, 5.41) is 3.10. The molecule has 0 spiro atoms. The van der Waals surface area contributed by atoms with Gasteiger partial charge in [0.2, 0.25) is 5.91 Å². The zero-order valence-corrected chi connectivity index (χ0v) is 12.4. The van der Waals surface area contributed by atoms with Crippen molar-refractivity contribution in [3.05, 3.63) is 41.5 Å². The molecule has 1 saturated carbocycles. The number of rotatable bonds is 2. The Hall–Kier alpha value is -1.57. The Bertz CT molecular complexity index is 546. The molecule has 0 bridgehead atoms. The van der Waals surface area contributed by atoms with E-state index in [1.54, 1.807) is 0 Å². The van der Waals surface area contributed by atoms with Gasteiger partial charge in [0.15, 0.2) is 0 Å². The first kappa shape index (κ1) is 13.4. The van der Waals surface area contributed by atoms with Crippen molar-refractivity contribution in [3.63, 3.8) is 0 Å². The Balaban J connectivity index is 1.66. The van der Waals surface area contributed by atoms with E-state index in [1.165, 1.54) is 36.8 Å². The first-order chi connectivity index (χ1) is 9.66. The van der Waals surface area contributed by atoms with E-state index in [0.29, 0.717) is 11.8 Å². The van der Waals surface area contributed by atoms with Gasteiger partial charge in [0.05, 0.1) is 0 Å². The highest BCUT2D eigenvalue weighted by atomic mass is 16.2. The Morgan fingerprint density at radius 2 is 2.05 bits per heavy atom. The molecule has 0 heterocycles. The molecular formula is C18H23NO. The predicted molar refractivity (Wildman–Crippen MR) is 82.6 cm³/mol. The molecule has 0 radical (unpaired) electrons. The molecule has 106 valence electrons. The fourth-order valence-corrected chi connectivity index (χ4v) is 3.34. The lowest BCUT2D eigenvalue weighted by molar-refractivity contribution is -0.117. The maximum absolute atomic E-state index is 12.4. The largest absolute Gasteiger partial charge is 0.326 e. The third-order valence-electron chi connectivity index (χ3n) is 4.82. The van der Waals surface area contributed by atoms with Gasteiger partial charge in [-0.1, -0.05) is 24.6 Å². The molecule has 0 aliphatic heterocycles. The molecule has 1 N–H and O–H groups in total. The standard InChI is InChI=1S/C18H23NO/c1-12-9-10-14(11-13(12)2)19-18(20)17-15-7-5-3-4-6-8-16(15)17/h5,7,9-11,15-17H,3-4,6,8H2,1-2H3,(H,19,20)/b7-5+/t15-,16+,17-/m1/s1. The van der Waals surface area contributed by atoms with Gasteiger partial charge in [-0.3, -0.25) is 4.79 Å². The summed E-state index contributed by atoms with van der Waals surface area (Å²) in [5.41, 5.74) is 3.42. The van der Waals surface area contributed by atoms with Gasteiger partial charge in [-0.15, -0.1) is 0 Å². The lowest BCUT2D eigenvalue weighted by atomic mass is 10.1. The number of nitrogens with one attached hydrogen (secondary N) is 1. The molecule has 3 atom stereocenters. The fourth-order valence-electron chi connectivity index (χ4n) is 3.34. The molecule has 1 amide bonds. The molecule has 2 aliphatic carbocycles. The van der Waals surface area contributed by atoms with E-state index < -0.39 is 0 Å². The summed E-state index contributed by atoms with van der Waals surface area (Å²) in [7, 11) is 0. The van der Waals surface area contributed by atoms with Crippen LogP contribution in [0.25, 0.3) is 0 Å². The van der Waals surface area contributed by atoms with Gasteiger partial charge in [0.25, 0.3) is 0 Å². The summed E-state index contributed by atoms with van der Waals surface area (Å²) in [5.74, 6) is 1.47. The van der Waals surface area contributed by atoms with Crippen LogP contribution in [0.1, 0.15) is 36.8 Å². The van der Waals surface area contributed by atoms with E-state index in [4.69, 9.17) is 0 Å². The SMILES string of the molecule is Cc1ccc(NC(=O)[C@@H]2[C@@H]3/C=C/CCCC[C@@H]32)cc1C. The number of carbonyl (C=O) groups is 1. The van der Waals surface area contributed by atoms with E-state index in [9.17, 15) is 4.79 Å². The number of allylic oxidation sites excluding steroid dienone is 2. The lowest BCUT2D eigenvalue weighted by Gasteiger charge is -2.07. The van der Waals surface area contributed by atoms with Crippen molar-refractivity contribution in [2.24, 2.45) is 17.8 Å². The minimum Gasteiger partial charge on any atom is -0.326 e. The van der Waals surface area contributed by atoms with Crippen LogP contribution in [-0.4, -0.2) is 5.91 Å². The van der Waals surface area contributed by atoms with Crippen LogP contribution in [-0.2, 0) is 4.79 Å². The summed E-state index contributed by atoms with van der Waals surface area (Å²) in [6.45, 7) is 4.17. The molecule has 0 unspecified atom stereocenters. The smallest absolute Gasteiger partial charge is 0.228 e. The van der Waals surface area contributed by atoms with Gasteiger partial charge in [-0.25, -0.2) is 0 Å². The van der Waals surface area contributed by atoms with Crippen molar-refractivity contribution in [2.45, 2.75) is 39.5 Å². The minimum absolute atomic E-state index is 0.200. The van der Waals surface area contributed by atoms with Crippen LogP contribution in [0.4, 0.5) is 5.69 Å². The summed E-state index contributed by atoms with van der Waals surface area (Å²) >= 11 is 0. The number of fused-ring (bicyclic) bond motifs is 1. The van der Waals surface area contributed by atoms with Crippen LogP contribution in [0, 0.1) is 31.6 Å². The highest BCUT2D eigenvalue weighted by Crippen LogP contribution is 2.51. The molecule has 1 aromatic rings. The van der Waals surface area contributed by atoms with E-state index in [1.807, 2.05) is 6.07 Å². The maximum Gasteiger partial charge on any atom is 0.228 e. The zero-order chi connectivity index (χ0) is 14.1. The Morgan fingerprint density at radius 1 is 1.20 bits per heavy atom. The van der Waals surface area contributed by atoms with Crippen molar-refractivity contribution in [3.8, 4) is 0 Å². The monoisotopic (exact) mass is 269 g/mol. The van der Waals surface area contributed by atoms with Crippen molar-refractivity contribution < 1.29 is 4.79 Å². The average molecular weight is 269 g/mol. The van der Waals surface area contributed by atoms with Crippen molar-refractivity contribution >= 4 is 11.6 Å². The van der Waals surface area contributed by atoms with Crippen LogP contribution < -0.4 is 5.32 Å². The molecule has 1 aromatic carbocycles. The summed E-state index contributed by atoms with van der Waals surface area (Å²) in [4.78, 5) is 12.4. The minimum atomic E-state index is 0.200. The summed E-state index contributed by atoms with van der Waals surface area (Å²) < 4.78 is 0. The first-order valence-corrected chi connectivity index (χ1v) is 7.71. The molecule has 2 nitrogen and oxygen atoms in total. The second-order valence-corrected chi connectivity index (χ2v) is 6.27. The van der Waals surface area contributed by atoms with E-state index in [-0.39, 0.29) is 11.8 Å². The normalized spacial score (nSPS) is 29.8. The van der Waals surface area contributed by atoms with Crippen LogP contribution in [0.5, 0.6) is 0 Å². The number of hydrogen-bond donors (Lipinski definition) is 1. The van der Waals surface area contributed by atoms with Crippen molar-refractivity contribution in [2.75, 3.05) is 5.32 Å². The second kappa shape index (κ2) is 5.43.